The van der Waals surface area contributed by atoms with Gasteiger partial charge in [0, 0.05) is 6.04 Å². The molecule has 0 saturated carbocycles. The van der Waals surface area contributed by atoms with E-state index < -0.39 is 0 Å². The fourth-order valence-electron chi connectivity index (χ4n) is 2.43. The monoisotopic (exact) mass is 284 g/mol. The highest BCUT2D eigenvalue weighted by molar-refractivity contribution is 5.89. The fourth-order valence-corrected chi connectivity index (χ4v) is 2.43. The zero-order valence-electron chi connectivity index (χ0n) is 11.1. The van der Waals surface area contributed by atoms with Gasteiger partial charge in [0.05, 0.1) is 12.7 Å². The maximum atomic E-state index is 11.3. The number of benzene rings is 1. The Balaban J connectivity index is 0.00000180. The number of hydrogen-bond donors (Lipinski definition) is 2. The van der Waals surface area contributed by atoms with E-state index in [-0.39, 0.29) is 24.4 Å². The van der Waals surface area contributed by atoms with Crippen LogP contribution in [-0.2, 0) is 4.74 Å². The molecule has 1 saturated heterocycles. The van der Waals surface area contributed by atoms with Gasteiger partial charge in [-0.05, 0) is 49.5 Å². The zero-order chi connectivity index (χ0) is 13.0. The summed E-state index contributed by atoms with van der Waals surface area (Å²) in [4.78, 5) is 11.3. The molecule has 19 heavy (non-hydrogen) atoms. The lowest BCUT2D eigenvalue weighted by Gasteiger charge is -2.28. The third kappa shape index (κ3) is 3.93. The second-order valence-electron chi connectivity index (χ2n) is 4.73. The molecule has 2 rings (SSSR count). The minimum Gasteiger partial charge on any atom is -0.465 e. The van der Waals surface area contributed by atoms with Crippen molar-refractivity contribution in [1.82, 2.24) is 5.32 Å². The number of ether oxygens (including phenoxy) is 1. The van der Waals surface area contributed by atoms with Crippen molar-refractivity contribution in [2.24, 2.45) is 11.7 Å². The quantitative estimate of drug-likeness (QED) is 0.832. The van der Waals surface area contributed by atoms with Crippen LogP contribution in [0.25, 0.3) is 0 Å². The summed E-state index contributed by atoms with van der Waals surface area (Å²) in [5, 5.41) is 3.34. The van der Waals surface area contributed by atoms with Gasteiger partial charge >= 0.3 is 5.97 Å². The van der Waals surface area contributed by atoms with Gasteiger partial charge in [-0.15, -0.1) is 12.4 Å². The first-order chi connectivity index (χ1) is 8.72. The Morgan fingerprint density at radius 3 is 2.42 bits per heavy atom. The van der Waals surface area contributed by atoms with Crippen molar-refractivity contribution in [3.8, 4) is 0 Å². The molecule has 1 aliphatic rings. The average Bonchev–Trinajstić information content (AvgIpc) is 2.47. The van der Waals surface area contributed by atoms with E-state index in [1.165, 1.54) is 7.11 Å². The standard InChI is InChI=1S/C14H20N2O2.ClH/c1-18-14(17)12-4-2-10(3-5-12)13(15)11-6-8-16-9-7-11;/h2-5,11,13,16H,6-9,15H2,1H3;1H/t13-;/m0./s1. The van der Waals surface area contributed by atoms with E-state index in [1.54, 1.807) is 12.1 Å². The van der Waals surface area contributed by atoms with Crippen LogP contribution in [0.15, 0.2) is 24.3 Å². The van der Waals surface area contributed by atoms with Crippen LogP contribution in [-0.4, -0.2) is 26.2 Å². The van der Waals surface area contributed by atoms with E-state index in [0.29, 0.717) is 11.5 Å². The van der Waals surface area contributed by atoms with E-state index in [9.17, 15) is 4.79 Å². The first-order valence-electron chi connectivity index (χ1n) is 6.37. The van der Waals surface area contributed by atoms with E-state index in [2.05, 4.69) is 10.1 Å². The lowest BCUT2D eigenvalue weighted by atomic mass is 9.86. The summed E-state index contributed by atoms with van der Waals surface area (Å²) < 4.78 is 4.67. The van der Waals surface area contributed by atoms with Gasteiger partial charge in [-0.25, -0.2) is 4.79 Å². The highest BCUT2D eigenvalue weighted by Gasteiger charge is 2.21. The molecule has 3 N–H and O–H groups in total. The summed E-state index contributed by atoms with van der Waals surface area (Å²) in [6.45, 7) is 2.08. The number of piperidine rings is 1. The number of carbonyl (C=O) groups is 1. The smallest absolute Gasteiger partial charge is 0.337 e. The Labute approximate surface area is 120 Å². The molecule has 0 aromatic heterocycles. The second-order valence-corrected chi connectivity index (χ2v) is 4.73. The third-order valence-corrected chi connectivity index (χ3v) is 3.61. The van der Waals surface area contributed by atoms with Gasteiger partial charge in [-0.1, -0.05) is 12.1 Å². The summed E-state index contributed by atoms with van der Waals surface area (Å²) in [7, 11) is 1.39. The van der Waals surface area contributed by atoms with Crippen LogP contribution in [0, 0.1) is 5.92 Å². The molecule has 0 unspecified atom stereocenters. The molecule has 1 aromatic rings. The molecule has 1 fully saturated rings. The Hall–Kier alpha value is -1.10. The van der Waals surface area contributed by atoms with Crippen LogP contribution in [0.1, 0.15) is 34.8 Å². The Morgan fingerprint density at radius 1 is 1.32 bits per heavy atom. The normalized spacial score (nSPS) is 17.4. The number of esters is 1. The van der Waals surface area contributed by atoms with Crippen molar-refractivity contribution in [3.63, 3.8) is 0 Å². The largest absolute Gasteiger partial charge is 0.465 e. The molecule has 106 valence electrons. The number of hydrogen-bond acceptors (Lipinski definition) is 4. The average molecular weight is 285 g/mol. The molecule has 0 spiro atoms. The predicted octanol–water partition coefficient (Wildman–Crippen LogP) is 1.89. The first kappa shape index (κ1) is 16.0. The molecule has 4 nitrogen and oxygen atoms in total. The van der Waals surface area contributed by atoms with Gasteiger partial charge in [0.25, 0.3) is 0 Å². The Kier molecular flexibility index (Phi) is 6.28. The van der Waals surface area contributed by atoms with Gasteiger partial charge in [0.1, 0.15) is 0 Å². The van der Waals surface area contributed by atoms with Crippen LogP contribution < -0.4 is 11.1 Å². The molecular weight excluding hydrogens is 264 g/mol. The molecular formula is C14H21ClN2O2. The third-order valence-electron chi connectivity index (χ3n) is 3.61. The van der Waals surface area contributed by atoms with Crippen molar-refractivity contribution < 1.29 is 9.53 Å². The summed E-state index contributed by atoms with van der Waals surface area (Å²) in [6, 6.07) is 7.47. The molecule has 1 atom stereocenters. The Morgan fingerprint density at radius 2 is 1.89 bits per heavy atom. The molecule has 0 aliphatic carbocycles. The molecule has 1 aliphatic heterocycles. The minimum absolute atomic E-state index is 0. The molecule has 0 bridgehead atoms. The van der Waals surface area contributed by atoms with Crippen molar-refractivity contribution in [2.45, 2.75) is 18.9 Å². The summed E-state index contributed by atoms with van der Waals surface area (Å²) in [5.41, 5.74) is 7.94. The van der Waals surface area contributed by atoms with Gasteiger partial charge in [0.15, 0.2) is 0 Å². The van der Waals surface area contributed by atoms with Crippen molar-refractivity contribution in [1.29, 1.82) is 0 Å². The zero-order valence-corrected chi connectivity index (χ0v) is 11.9. The number of carbonyl (C=O) groups excluding carboxylic acids is 1. The fraction of sp³-hybridized carbons (Fsp3) is 0.500. The van der Waals surface area contributed by atoms with Crippen LogP contribution in [0.3, 0.4) is 0 Å². The Bertz CT molecular complexity index is 402. The number of rotatable bonds is 3. The number of methoxy groups -OCH3 is 1. The van der Waals surface area contributed by atoms with Crippen LogP contribution >= 0.6 is 12.4 Å². The van der Waals surface area contributed by atoms with Gasteiger partial charge < -0.3 is 15.8 Å². The minimum atomic E-state index is -0.308. The lowest BCUT2D eigenvalue weighted by Crippen LogP contribution is -2.33. The van der Waals surface area contributed by atoms with Crippen LogP contribution in [0.2, 0.25) is 0 Å². The predicted molar refractivity (Wildman–Crippen MR) is 77.6 cm³/mol. The molecule has 1 aromatic carbocycles. The van der Waals surface area contributed by atoms with Gasteiger partial charge in [-0.3, -0.25) is 0 Å². The van der Waals surface area contributed by atoms with E-state index >= 15 is 0 Å². The maximum Gasteiger partial charge on any atom is 0.337 e. The highest BCUT2D eigenvalue weighted by atomic mass is 35.5. The van der Waals surface area contributed by atoms with Crippen molar-refractivity contribution in [2.75, 3.05) is 20.2 Å². The summed E-state index contributed by atoms with van der Waals surface area (Å²) >= 11 is 0. The SMILES string of the molecule is COC(=O)c1ccc([C@H](N)C2CCNCC2)cc1.Cl. The second kappa shape index (κ2) is 7.48. The van der Waals surface area contributed by atoms with E-state index in [0.717, 1.165) is 31.5 Å². The van der Waals surface area contributed by atoms with Crippen LogP contribution in [0.4, 0.5) is 0 Å². The highest BCUT2D eigenvalue weighted by Crippen LogP contribution is 2.26. The van der Waals surface area contributed by atoms with Crippen molar-refractivity contribution >= 4 is 18.4 Å². The number of nitrogens with one attached hydrogen (secondary N) is 1. The van der Waals surface area contributed by atoms with E-state index in [1.807, 2.05) is 12.1 Å². The van der Waals surface area contributed by atoms with Gasteiger partial charge in [0.2, 0.25) is 0 Å². The summed E-state index contributed by atoms with van der Waals surface area (Å²) in [6.07, 6.45) is 2.22. The summed E-state index contributed by atoms with van der Waals surface area (Å²) in [5.74, 6) is 0.215. The van der Waals surface area contributed by atoms with E-state index in [4.69, 9.17) is 5.73 Å². The molecule has 5 heteroatoms. The number of nitrogens with two attached hydrogens (primary N) is 1. The van der Waals surface area contributed by atoms with Gasteiger partial charge in [-0.2, -0.15) is 0 Å². The maximum absolute atomic E-state index is 11.3. The van der Waals surface area contributed by atoms with Crippen LogP contribution in [0.5, 0.6) is 0 Å². The molecule has 1 heterocycles. The first-order valence-corrected chi connectivity index (χ1v) is 6.37. The topological polar surface area (TPSA) is 64.3 Å². The molecule has 0 radical (unpaired) electrons. The molecule has 0 amide bonds. The van der Waals surface area contributed by atoms with Crippen molar-refractivity contribution in [3.05, 3.63) is 35.4 Å². The number of halogens is 1. The lowest BCUT2D eigenvalue weighted by molar-refractivity contribution is 0.0600.